The van der Waals surface area contributed by atoms with Crippen LogP contribution in [0.2, 0.25) is 0 Å². The molecule has 0 saturated heterocycles. The van der Waals surface area contributed by atoms with Crippen LogP contribution in [0, 0.1) is 0 Å². The molecule has 5 rings (SSSR count). The molecule has 0 aliphatic carbocycles. The van der Waals surface area contributed by atoms with Crippen molar-refractivity contribution in [3.05, 3.63) is 64.5 Å². The van der Waals surface area contributed by atoms with Gasteiger partial charge in [0.25, 0.3) is 0 Å². The molecular formula is C18H10BrNS2. The minimum Gasteiger partial charge on any atom is -0.299 e. The molecule has 0 amide bonds. The van der Waals surface area contributed by atoms with Crippen LogP contribution in [0.15, 0.2) is 64.5 Å². The van der Waals surface area contributed by atoms with Crippen molar-refractivity contribution >= 4 is 69.8 Å². The number of aromatic nitrogens is 1. The highest BCUT2D eigenvalue weighted by Gasteiger charge is 2.15. The average Bonchev–Trinajstić information content (AvgIpc) is 3.18. The molecule has 0 bridgehead atoms. The van der Waals surface area contributed by atoms with Crippen molar-refractivity contribution in [1.82, 2.24) is 4.57 Å². The Bertz CT molecular complexity index is 1120. The van der Waals surface area contributed by atoms with E-state index in [9.17, 15) is 0 Å². The van der Waals surface area contributed by atoms with Crippen LogP contribution in [0.4, 0.5) is 0 Å². The fourth-order valence-corrected chi connectivity index (χ4v) is 5.74. The summed E-state index contributed by atoms with van der Waals surface area (Å²) in [6.07, 6.45) is 0. The van der Waals surface area contributed by atoms with Gasteiger partial charge in [-0.15, -0.1) is 22.7 Å². The van der Waals surface area contributed by atoms with Gasteiger partial charge in [-0.1, -0.05) is 30.3 Å². The lowest BCUT2D eigenvalue weighted by Gasteiger charge is -2.05. The Balaban J connectivity index is 2.01. The molecule has 5 aromatic rings. The van der Waals surface area contributed by atoms with Gasteiger partial charge in [-0.05, 0) is 45.6 Å². The topological polar surface area (TPSA) is 4.93 Å². The van der Waals surface area contributed by atoms with Crippen LogP contribution in [0.1, 0.15) is 0 Å². The maximum atomic E-state index is 3.74. The molecule has 1 nitrogen and oxygen atoms in total. The molecule has 0 spiro atoms. The third-order valence-corrected chi connectivity index (χ3v) is 6.71. The molecule has 3 heterocycles. The summed E-state index contributed by atoms with van der Waals surface area (Å²) in [4.78, 5) is 0. The van der Waals surface area contributed by atoms with Crippen LogP contribution in [-0.2, 0) is 0 Å². The minimum absolute atomic E-state index is 1.14. The molecule has 0 aliphatic rings. The molecule has 2 aromatic carbocycles. The Kier molecular flexibility index (Phi) is 2.74. The Hall–Kier alpha value is -1.62. The predicted molar refractivity (Wildman–Crippen MR) is 102 cm³/mol. The van der Waals surface area contributed by atoms with Crippen molar-refractivity contribution in [3.8, 4) is 5.00 Å². The molecule has 0 aliphatic heterocycles. The quantitative estimate of drug-likeness (QED) is 0.299. The van der Waals surface area contributed by atoms with Gasteiger partial charge in [0.2, 0.25) is 0 Å². The van der Waals surface area contributed by atoms with E-state index in [1.807, 2.05) is 11.3 Å². The van der Waals surface area contributed by atoms with Crippen LogP contribution in [0.5, 0.6) is 0 Å². The summed E-state index contributed by atoms with van der Waals surface area (Å²) in [6.45, 7) is 0. The maximum absolute atomic E-state index is 3.74. The van der Waals surface area contributed by atoms with Crippen LogP contribution >= 0.6 is 38.6 Å². The molecule has 3 aromatic heterocycles. The molecule has 0 N–H and O–H groups in total. The van der Waals surface area contributed by atoms with Crippen LogP contribution < -0.4 is 0 Å². The fraction of sp³-hybridized carbons (Fsp3) is 0. The van der Waals surface area contributed by atoms with E-state index in [0.717, 1.165) is 4.47 Å². The largest absolute Gasteiger partial charge is 0.299 e. The van der Waals surface area contributed by atoms with Crippen molar-refractivity contribution in [2.75, 3.05) is 0 Å². The Morgan fingerprint density at radius 3 is 2.64 bits per heavy atom. The number of thiophene rings is 2. The zero-order valence-corrected chi connectivity index (χ0v) is 14.6. The van der Waals surface area contributed by atoms with Crippen molar-refractivity contribution in [3.63, 3.8) is 0 Å². The molecule has 0 atom stereocenters. The van der Waals surface area contributed by atoms with Gasteiger partial charge in [0, 0.05) is 24.6 Å². The third-order valence-electron chi connectivity index (χ3n) is 3.99. The molecule has 0 unspecified atom stereocenters. The van der Waals surface area contributed by atoms with Gasteiger partial charge < -0.3 is 0 Å². The lowest BCUT2D eigenvalue weighted by molar-refractivity contribution is 1.22. The zero-order valence-electron chi connectivity index (χ0n) is 11.4. The van der Waals surface area contributed by atoms with Crippen molar-refractivity contribution in [2.24, 2.45) is 0 Å². The summed E-state index contributed by atoms with van der Waals surface area (Å²) in [6, 6.07) is 19.6. The lowest BCUT2D eigenvalue weighted by Crippen LogP contribution is -1.90. The first-order valence-electron chi connectivity index (χ1n) is 6.98. The van der Waals surface area contributed by atoms with Crippen molar-refractivity contribution in [2.45, 2.75) is 0 Å². The monoisotopic (exact) mass is 383 g/mol. The smallest absolute Gasteiger partial charge is 0.102 e. The van der Waals surface area contributed by atoms with Crippen molar-refractivity contribution < 1.29 is 0 Å². The van der Waals surface area contributed by atoms with E-state index in [1.165, 1.54) is 36.2 Å². The second kappa shape index (κ2) is 4.69. The first-order valence-corrected chi connectivity index (χ1v) is 9.47. The minimum atomic E-state index is 1.14. The van der Waals surface area contributed by atoms with Gasteiger partial charge in [-0.25, -0.2) is 0 Å². The molecule has 0 fully saturated rings. The number of fused-ring (bicyclic) bond motifs is 4. The SMILES string of the molecule is Brc1cccc2c3ccccc3n(-c3cc4sccc4s3)c12. The second-order valence-electron chi connectivity index (χ2n) is 5.22. The number of rotatable bonds is 1. The van der Waals surface area contributed by atoms with Gasteiger partial charge in [-0.2, -0.15) is 0 Å². The van der Waals surface area contributed by atoms with Gasteiger partial charge in [0.1, 0.15) is 5.00 Å². The van der Waals surface area contributed by atoms with Gasteiger partial charge in [0.05, 0.1) is 11.0 Å². The van der Waals surface area contributed by atoms with E-state index in [-0.39, 0.29) is 0 Å². The number of para-hydroxylation sites is 2. The number of hydrogen-bond donors (Lipinski definition) is 0. The summed E-state index contributed by atoms with van der Waals surface area (Å²) in [5, 5.41) is 6.03. The second-order valence-corrected chi connectivity index (χ2v) is 8.09. The van der Waals surface area contributed by atoms with Crippen LogP contribution in [-0.4, -0.2) is 4.57 Å². The first kappa shape index (κ1) is 12.9. The first-order chi connectivity index (χ1) is 10.8. The zero-order chi connectivity index (χ0) is 14.7. The fourth-order valence-electron chi connectivity index (χ4n) is 3.07. The molecule has 22 heavy (non-hydrogen) atoms. The van der Waals surface area contributed by atoms with Crippen LogP contribution in [0.25, 0.3) is 36.2 Å². The van der Waals surface area contributed by atoms with E-state index in [2.05, 4.69) is 80.5 Å². The van der Waals surface area contributed by atoms with E-state index in [4.69, 9.17) is 0 Å². The summed E-state index contributed by atoms with van der Waals surface area (Å²) < 4.78 is 6.24. The van der Waals surface area contributed by atoms with Gasteiger partial charge in [-0.3, -0.25) is 4.57 Å². The highest BCUT2D eigenvalue weighted by atomic mass is 79.9. The molecule has 4 heteroatoms. The van der Waals surface area contributed by atoms with Gasteiger partial charge in [0.15, 0.2) is 0 Å². The summed E-state index contributed by atoms with van der Waals surface area (Å²) >= 11 is 7.40. The number of nitrogens with zero attached hydrogens (tertiary/aromatic N) is 1. The number of benzene rings is 2. The normalized spacial score (nSPS) is 11.9. The predicted octanol–water partition coefficient (Wildman–Crippen LogP) is 6.82. The van der Waals surface area contributed by atoms with E-state index < -0.39 is 0 Å². The number of hydrogen-bond acceptors (Lipinski definition) is 2. The Labute approximate surface area is 143 Å². The van der Waals surface area contributed by atoms with Crippen molar-refractivity contribution in [1.29, 1.82) is 0 Å². The van der Waals surface area contributed by atoms with E-state index in [1.54, 1.807) is 11.3 Å². The average molecular weight is 384 g/mol. The summed E-state index contributed by atoms with van der Waals surface area (Å²) in [5.74, 6) is 0. The molecular weight excluding hydrogens is 374 g/mol. The maximum Gasteiger partial charge on any atom is 0.102 e. The van der Waals surface area contributed by atoms with E-state index >= 15 is 0 Å². The standard InChI is InChI=1S/C18H10BrNS2/c19-13-6-3-5-12-11-4-1-2-7-14(11)20(18(12)13)17-10-16-15(22-17)8-9-21-16/h1-10H. The highest BCUT2D eigenvalue weighted by molar-refractivity contribution is 9.10. The Morgan fingerprint density at radius 2 is 1.73 bits per heavy atom. The van der Waals surface area contributed by atoms with Crippen LogP contribution in [0.3, 0.4) is 0 Å². The number of halogens is 1. The summed E-state index contributed by atoms with van der Waals surface area (Å²) in [5.41, 5.74) is 2.51. The lowest BCUT2D eigenvalue weighted by atomic mass is 10.2. The summed E-state index contributed by atoms with van der Waals surface area (Å²) in [7, 11) is 0. The third kappa shape index (κ3) is 1.69. The molecule has 106 valence electrons. The molecule has 0 radical (unpaired) electrons. The van der Waals surface area contributed by atoms with E-state index in [0.29, 0.717) is 0 Å². The highest BCUT2D eigenvalue weighted by Crippen LogP contribution is 2.40. The molecule has 0 saturated carbocycles. The van der Waals surface area contributed by atoms with Gasteiger partial charge >= 0.3 is 0 Å². The Morgan fingerprint density at radius 1 is 0.864 bits per heavy atom.